The predicted octanol–water partition coefficient (Wildman–Crippen LogP) is 3.37. The van der Waals surface area contributed by atoms with E-state index in [4.69, 9.17) is 25.8 Å². The Morgan fingerprint density at radius 3 is 2.62 bits per heavy atom. The molecule has 4 nitrogen and oxygen atoms in total. The molecule has 5 heteroatoms. The van der Waals surface area contributed by atoms with Gasteiger partial charge in [0, 0.05) is 13.1 Å². The molecule has 0 unspecified atom stereocenters. The zero-order chi connectivity index (χ0) is 14.7. The van der Waals surface area contributed by atoms with Gasteiger partial charge in [0.25, 0.3) is 0 Å². The Morgan fingerprint density at radius 1 is 1.10 bits per heavy atom. The second-order valence-corrected chi connectivity index (χ2v) is 5.17. The Labute approximate surface area is 128 Å². The number of hydrogen-bond donors (Lipinski definition) is 1. The number of hydrogen-bond acceptors (Lipinski definition) is 4. The first kappa shape index (κ1) is 14.0. The molecule has 2 aromatic rings. The molecule has 21 heavy (non-hydrogen) atoms. The van der Waals surface area contributed by atoms with Gasteiger partial charge in [-0.1, -0.05) is 23.7 Å². The number of methoxy groups -OCH3 is 1. The highest BCUT2D eigenvalue weighted by molar-refractivity contribution is 6.32. The van der Waals surface area contributed by atoms with Crippen LogP contribution in [0, 0.1) is 0 Å². The quantitative estimate of drug-likeness (QED) is 0.919. The largest absolute Gasteiger partial charge is 0.497 e. The lowest BCUT2D eigenvalue weighted by molar-refractivity contribution is 0.174. The zero-order valence-electron chi connectivity index (χ0n) is 11.7. The van der Waals surface area contributed by atoms with Crippen LogP contribution in [0.4, 0.5) is 0 Å². The molecule has 0 aromatic heterocycles. The SMILES string of the molecule is COc1ccc(CNCc2cc(Cl)c3c(c2)OCO3)cc1. The summed E-state index contributed by atoms with van der Waals surface area (Å²) in [6.07, 6.45) is 0. The van der Waals surface area contributed by atoms with Crippen molar-refractivity contribution in [1.82, 2.24) is 5.32 Å². The van der Waals surface area contributed by atoms with Crippen LogP contribution in [0.2, 0.25) is 5.02 Å². The normalized spacial score (nSPS) is 12.5. The van der Waals surface area contributed by atoms with Crippen molar-refractivity contribution < 1.29 is 14.2 Å². The van der Waals surface area contributed by atoms with E-state index in [1.54, 1.807) is 7.11 Å². The fourth-order valence-corrected chi connectivity index (χ4v) is 2.51. The Bertz CT molecular complexity index is 628. The van der Waals surface area contributed by atoms with Gasteiger partial charge in [0.2, 0.25) is 6.79 Å². The zero-order valence-corrected chi connectivity index (χ0v) is 12.4. The summed E-state index contributed by atoms with van der Waals surface area (Å²) < 4.78 is 15.8. The Balaban J connectivity index is 1.59. The van der Waals surface area contributed by atoms with Gasteiger partial charge in [0.15, 0.2) is 11.5 Å². The first-order valence-corrected chi connectivity index (χ1v) is 7.06. The minimum atomic E-state index is 0.234. The minimum absolute atomic E-state index is 0.234. The number of ether oxygens (including phenoxy) is 3. The minimum Gasteiger partial charge on any atom is -0.497 e. The third-order valence-electron chi connectivity index (χ3n) is 3.30. The number of halogens is 1. The Kier molecular flexibility index (Phi) is 4.18. The maximum absolute atomic E-state index is 6.16. The third-order valence-corrected chi connectivity index (χ3v) is 3.59. The van der Waals surface area contributed by atoms with Gasteiger partial charge in [0.05, 0.1) is 12.1 Å². The van der Waals surface area contributed by atoms with Crippen LogP contribution in [0.1, 0.15) is 11.1 Å². The van der Waals surface area contributed by atoms with E-state index in [0.717, 1.165) is 17.9 Å². The molecular weight excluding hydrogens is 290 g/mol. The van der Waals surface area contributed by atoms with Crippen LogP contribution in [0.15, 0.2) is 36.4 Å². The second-order valence-electron chi connectivity index (χ2n) is 4.76. The van der Waals surface area contributed by atoms with E-state index in [2.05, 4.69) is 5.32 Å². The third kappa shape index (κ3) is 3.23. The summed E-state index contributed by atoms with van der Waals surface area (Å²) in [4.78, 5) is 0. The fraction of sp³-hybridized carbons (Fsp3) is 0.250. The average molecular weight is 306 g/mol. The molecule has 0 aliphatic carbocycles. The molecule has 0 spiro atoms. The monoisotopic (exact) mass is 305 g/mol. The van der Waals surface area contributed by atoms with Crippen molar-refractivity contribution in [2.24, 2.45) is 0 Å². The number of benzene rings is 2. The maximum Gasteiger partial charge on any atom is 0.231 e. The van der Waals surface area contributed by atoms with E-state index in [-0.39, 0.29) is 6.79 Å². The Hall–Kier alpha value is -1.91. The average Bonchev–Trinajstić information content (AvgIpc) is 2.97. The molecular formula is C16H16ClNO3. The van der Waals surface area contributed by atoms with Crippen LogP contribution < -0.4 is 19.5 Å². The van der Waals surface area contributed by atoms with Crippen LogP contribution in [0.5, 0.6) is 17.2 Å². The molecule has 1 aliphatic rings. The number of rotatable bonds is 5. The summed E-state index contributed by atoms with van der Waals surface area (Å²) in [5, 5.41) is 3.97. The van der Waals surface area contributed by atoms with Gasteiger partial charge in [-0.05, 0) is 35.4 Å². The summed E-state index contributed by atoms with van der Waals surface area (Å²) in [6, 6.07) is 11.8. The van der Waals surface area contributed by atoms with Crippen LogP contribution in [0.3, 0.4) is 0 Å². The van der Waals surface area contributed by atoms with Crippen molar-refractivity contribution >= 4 is 11.6 Å². The van der Waals surface area contributed by atoms with Gasteiger partial charge in [0.1, 0.15) is 5.75 Å². The lowest BCUT2D eigenvalue weighted by atomic mass is 10.2. The molecule has 0 radical (unpaired) electrons. The molecule has 3 rings (SSSR count). The summed E-state index contributed by atoms with van der Waals surface area (Å²) in [7, 11) is 1.66. The van der Waals surface area contributed by atoms with Gasteiger partial charge in [-0.25, -0.2) is 0 Å². The van der Waals surface area contributed by atoms with E-state index in [0.29, 0.717) is 23.1 Å². The van der Waals surface area contributed by atoms with Crippen molar-refractivity contribution in [3.63, 3.8) is 0 Å². The van der Waals surface area contributed by atoms with Crippen LogP contribution >= 0.6 is 11.6 Å². The van der Waals surface area contributed by atoms with E-state index in [1.165, 1.54) is 5.56 Å². The highest BCUT2D eigenvalue weighted by Crippen LogP contribution is 2.39. The number of nitrogens with one attached hydrogen (secondary N) is 1. The van der Waals surface area contributed by atoms with Crippen LogP contribution in [-0.4, -0.2) is 13.9 Å². The highest BCUT2D eigenvalue weighted by Gasteiger charge is 2.17. The molecule has 0 amide bonds. The highest BCUT2D eigenvalue weighted by atomic mass is 35.5. The first-order chi connectivity index (χ1) is 10.3. The number of fused-ring (bicyclic) bond motifs is 1. The summed E-state index contributed by atoms with van der Waals surface area (Å²) in [5.41, 5.74) is 2.26. The molecule has 0 fully saturated rings. The van der Waals surface area contributed by atoms with E-state index in [1.807, 2.05) is 36.4 Å². The molecule has 0 saturated heterocycles. The maximum atomic E-state index is 6.16. The van der Waals surface area contributed by atoms with Crippen molar-refractivity contribution in [2.75, 3.05) is 13.9 Å². The standard InChI is InChI=1S/C16H16ClNO3/c1-19-13-4-2-11(3-5-13)8-18-9-12-6-14(17)16-15(7-12)20-10-21-16/h2-7,18H,8-10H2,1H3. The van der Waals surface area contributed by atoms with Crippen LogP contribution in [0.25, 0.3) is 0 Å². The lowest BCUT2D eigenvalue weighted by Crippen LogP contribution is -2.12. The predicted molar refractivity (Wildman–Crippen MR) is 81.1 cm³/mol. The van der Waals surface area contributed by atoms with Gasteiger partial charge < -0.3 is 19.5 Å². The van der Waals surface area contributed by atoms with Gasteiger partial charge >= 0.3 is 0 Å². The second kappa shape index (κ2) is 6.24. The van der Waals surface area contributed by atoms with Gasteiger partial charge in [-0.3, -0.25) is 0 Å². The summed E-state index contributed by atoms with van der Waals surface area (Å²) in [6.45, 7) is 1.72. The summed E-state index contributed by atoms with van der Waals surface area (Å²) in [5.74, 6) is 2.21. The Morgan fingerprint density at radius 2 is 1.86 bits per heavy atom. The smallest absolute Gasteiger partial charge is 0.231 e. The van der Waals surface area contributed by atoms with Crippen LogP contribution in [-0.2, 0) is 13.1 Å². The molecule has 0 bridgehead atoms. The summed E-state index contributed by atoms with van der Waals surface area (Å²) >= 11 is 6.16. The van der Waals surface area contributed by atoms with E-state index < -0.39 is 0 Å². The topological polar surface area (TPSA) is 39.7 Å². The fourth-order valence-electron chi connectivity index (χ4n) is 2.22. The molecule has 1 N–H and O–H groups in total. The van der Waals surface area contributed by atoms with Crippen molar-refractivity contribution in [3.05, 3.63) is 52.5 Å². The van der Waals surface area contributed by atoms with E-state index >= 15 is 0 Å². The molecule has 1 heterocycles. The molecule has 110 valence electrons. The lowest BCUT2D eigenvalue weighted by Gasteiger charge is -2.08. The van der Waals surface area contributed by atoms with Crippen molar-refractivity contribution in [1.29, 1.82) is 0 Å². The van der Waals surface area contributed by atoms with Crippen molar-refractivity contribution in [2.45, 2.75) is 13.1 Å². The molecule has 0 saturated carbocycles. The van der Waals surface area contributed by atoms with Gasteiger partial charge in [-0.15, -0.1) is 0 Å². The van der Waals surface area contributed by atoms with Gasteiger partial charge in [-0.2, -0.15) is 0 Å². The first-order valence-electron chi connectivity index (χ1n) is 6.68. The van der Waals surface area contributed by atoms with E-state index in [9.17, 15) is 0 Å². The van der Waals surface area contributed by atoms with Crippen molar-refractivity contribution in [3.8, 4) is 17.2 Å². The molecule has 0 atom stereocenters. The molecule has 1 aliphatic heterocycles. The molecule has 2 aromatic carbocycles.